The Hall–Kier alpha value is -2.60. The summed E-state index contributed by atoms with van der Waals surface area (Å²) >= 11 is 5.91. The third kappa shape index (κ3) is 5.48. The first kappa shape index (κ1) is 21.1. The number of halogens is 1. The van der Waals surface area contributed by atoms with Crippen LogP contribution in [-0.4, -0.2) is 47.9 Å². The molecule has 2 amide bonds. The smallest absolute Gasteiger partial charge is 0.253 e. The molecule has 7 heteroatoms. The second-order valence-electron chi connectivity index (χ2n) is 8.25. The van der Waals surface area contributed by atoms with Crippen molar-refractivity contribution in [1.29, 1.82) is 0 Å². The summed E-state index contributed by atoms with van der Waals surface area (Å²) in [5.41, 5.74) is 0.881. The van der Waals surface area contributed by atoms with Crippen LogP contribution in [0.4, 0.5) is 11.5 Å². The van der Waals surface area contributed by atoms with Gasteiger partial charge in [0.2, 0.25) is 5.91 Å². The van der Waals surface area contributed by atoms with Crippen molar-refractivity contribution in [3.8, 4) is 0 Å². The monoisotopic (exact) mass is 414 g/mol. The maximum absolute atomic E-state index is 12.7. The number of benzene rings is 1. The molecule has 0 saturated carbocycles. The predicted octanol–water partition coefficient (Wildman–Crippen LogP) is 4.07. The Labute approximate surface area is 176 Å². The van der Waals surface area contributed by atoms with E-state index in [1.165, 1.54) is 0 Å². The highest BCUT2D eigenvalue weighted by molar-refractivity contribution is 6.30. The highest BCUT2D eigenvalue weighted by atomic mass is 35.5. The maximum atomic E-state index is 12.7. The molecule has 0 atom stereocenters. The van der Waals surface area contributed by atoms with Gasteiger partial charge in [-0.25, -0.2) is 4.98 Å². The van der Waals surface area contributed by atoms with Gasteiger partial charge in [0.25, 0.3) is 5.91 Å². The third-order valence-corrected chi connectivity index (χ3v) is 5.14. The average molecular weight is 415 g/mol. The summed E-state index contributed by atoms with van der Waals surface area (Å²) in [5, 5.41) is 3.51. The summed E-state index contributed by atoms with van der Waals surface area (Å²) in [4.78, 5) is 33.4. The molecule has 1 aliphatic heterocycles. The van der Waals surface area contributed by atoms with Gasteiger partial charge >= 0.3 is 0 Å². The largest absolute Gasteiger partial charge is 0.355 e. The van der Waals surface area contributed by atoms with Crippen LogP contribution in [0.15, 0.2) is 42.6 Å². The molecule has 2 heterocycles. The zero-order valence-corrected chi connectivity index (χ0v) is 17.9. The number of aromatic nitrogens is 1. The minimum Gasteiger partial charge on any atom is -0.355 e. The van der Waals surface area contributed by atoms with Crippen molar-refractivity contribution < 1.29 is 9.59 Å². The van der Waals surface area contributed by atoms with Crippen LogP contribution in [0.3, 0.4) is 0 Å². The summed E-state index contributed by atoms with van der Waals surface area (Å²) in [5.74, 6) is 0.828. The molecule has 1 aromatic heterocycles. The van der Waals surface area contributed by atoms with E-state index in [0.29, 0.717) is 35.9 Å². The lowest BCUT2D eigenvalue weighted by Crippen LogP contribution is -2.35. The van der Waals surface area contributed by atoms with Crippen LogP contribution in [0.2, 0.25) is 5.02 Å². The molecule has 1 aromatic carbocycles. The minimum absolute atomic E-state index is 0.0247. The fourth-order valence-electron chi connectivity index (χ4n) is 3.09. The van der Waals surface area contributed by atoms with Crippen molar-refractivity contribution in [2.75, 3.05) is 36.4 Å². The van der Waals surface area contributed by atoms with Crippen LogP contribution >= 0.6 is 11.6 Å². The summed E-state index contributed by atoms with van der Waals surface area (Å²) in [6, 6.07) is 10.8. The number of pyridine rings is 1. The highest BCUT2D eigenvalue weighted by Crippen LogP contribution is 2.20. The zero-order valence-electron chi connectivity index (χ0n) is 17.1. The molecule has 0 unspecified atom stereocenters. The van der Waals surface area contributed by atoms with Gasteiger partial charge in [-0.3, -0.25) is 9.59 Å². The number of carbonyl (C=O) groups excluding carboxylic acids is 2. The lowest BCUT2D eigenvalue weighted by atomic mass is 9.96. The molecule has 3 rings (SSSR count). The number of anilines is 2. The van der Waals surface area contributed by atoms with E-state index < -0.39 is 5.41 Å². The molecule has 0 aliphatic carbocycles. The van der Waals surface area contributed by atoms with E-state index in [1.54, 1.807) is 30.5 Å². The fraction of sp³-hybridized carbons (Fsp3) is 0.409. The average Bonchev–Trinajstić information content (AvgIpc) is 2.94. The van der Waals surface area contributed by atoms with Gasteiger partial charge in [0, 0.05) is 42.2 Å². The molecule has 6 nitrogen and oxygen atoms in total. The molecular weight excluding hydrogens is 388 g/mol. The van der Waals surface area contributed by atoms with E-state index in [4.69, 9.17) is 11.6 Å². The summed E-state index contributed by atoms with van der Waals surface area (Å²) in [7, 11) is 0. The van der Waals surface area contributed by atoms with Crippen molar-refractivity contribution in [1.82, 2.24) is 9.88 Å². The second kappa shape index (κ2) is 8.82. The summed E-state index contributed by atoms with van der Waals surface area (Å²) < 4.78 is 0. The second-order valence-corrected chi connectivity index (χ2v) is 8.69. The first-order valence-electron chi connectivity index (χ1n) is 9.81. The molecule has 0 bridgehead atoms. The number of amides is 2. The van der Waals surface area contributed by atoms with Crippen molar-refractivity contribution in [2.45, 2.75) is 27.2 Å². The fourth-order valence-corrected chi connectivity index (χ4v) is 3.22. The van der Waals surface area contributed by atoms with Crippen LogP contribution in [0, 0.1) is 5.41 Å². The van der Waals surface area contributed by atoms with Gasteiger partial charge in [0.15, 0.2) is 0 Å². The molecule has 29 heavy (non-hydrogen) atoms. The lowest BCUT2D eigenvalue weighted by Gasteiger charge is -2.23. The van der Waals surface area contributed by atoms with Gasteiger partial charge in [-0.05, 0) is 42.8 Å². The quantitative estimate of drug-likeness (QED) is 0.822. The van der Waals surface area contributed by atoms with E-state index in [1.807, 2.05) is 37.8 Å². The minimum atomic E-state index is -0.455. The van der Waals surface area contributed by atoms with E-state index in [0.717, 1.165) is 18.8 Å². The van der Waals surface area contributed by atoms with Crippen molar-refractivity contribution in [2.24, 2.45) is 5.41 Å². The van der Waals surface area contributed by atoms with Gasteiger partial charge < -0.3 is 15.1 Å². The van der Waals surface area contributed by atoms with Crippen LogP contribution in [0.25, 0.3) is 0 Å². The standard InChI is InChI=1S/C22H27ClN4O2/c1-22(2,3)21(29)25-18-9-10-19(24-15-18)26-11-4-12-27(14-13-26)20(28)16-5-7-17(23)8-6-16/h5-10,15H,4,11-14H2,1-3H3,(H,25,29). The summed E-state index contributed by atoms with van der Waals surface area (Å²) in [6.45, 7) is 8.49. The van der Waals surface area contributed by atoms with E-state index >= 15 is 0 Å². The molecule has 1 saturated heterocycles. The SMILES string of the molecule is CC(C)(C)C(=O)Nc1ccc(N2CCCN(C(=O)c3ccc(Cl)cc3)CC2)nc1. The molecule has 154 valence electrons. The Morgan fingerprint density at radius 2 is 1.72 bits per heavy atom. The Bertz CT molecular complexity index is 860. The number of carbonyl (C=O) groups is 2. The summed E-state index contributed by atoms with van der Waals surface area (Å²) in [6.07, 6.45) is 2.55. The van der Waals surface area contributed by atoms with E-state index in [9.17, 15) is 9.59 Å². The molecule has 1 aliphatic rings. The maximum Gasteiger partial charge on any atom is 0.253 e. The Balaban J connectivity index is 1.61. The van der Waals surface area contributed by atoms with Crippen LogP contribution in [-0.2, 0) is 4.79 Å². The molecule has 1 fully saturated rings. The first-order valence-corrected chi connectivity index (χ1v) is 10.2. The molecule has 1 N–H and O–H groups in total. The highest BCUT2D eigenvalue weighted by Gasteiger charge is 2.22. The number of nitrogens with one attached hydrogen (secondary N) is 1. The van der Waals surface area contributed by atoms with Crippen molar-refractivity contribution in [3.05, 3.63) is 53.2 Å². The van der Waals surface area contributed by atoms with Gasteiger partial charge in [-0.2, -0.15) is 0 Å². The lowest BCUT2D eigenvalue weighted by molar-refractivity contribution is -0.123. The van der Waals surface area contributed by atoms with Gasteiger partial charge in [0.05, 0.1) is 11.9 Å². The van der Waals surface area contributed by atoms with Gasteiger partial charge in [-0.1, -0.05) is 32.4 Å². The van der Waals surface area contributed by atoms with Gasteiger partial charge in [0.1, 0.15) is 5.82 Å². The number of hydrogen-bond donors (Lipinski definition) is 1. The normalized spacial score (nSPS) is 15.0. The van der Waals surface area contributed by atoms with Crippen LogP contribution in [0.1, 0.15) is 37.6 Å². The molecule has 2 aromatic rings. The van der Waals surface area contributed by atoms with Crippen molar-refractivity contribution >= 4 is 34.9 Å². The van der Waals surface area contributed by atoms with Gasteiger partial charge in [-0.15, -0.1) is 0 Å². The third-order valence-electron chi connectivity index (χ3n) is 4.89. The Kier molecular flexibility index (Phi) is 6.42. The zero-order chi connectivity index (χ0) is 21.0. The Morgan fingerprint density at radius 1 is 1.00 bits per heavy atom. The number of hydrogen-bond acceptors (Lipinski definition) is 4. The predicted molar refractivity (Wildman–Crippen MR) is 117 cm³/mol. The van der Waals surface area contributed by atoms with Crippen LogP contribution in [0.5, 0.6) is 0 Å². The molecule has 0 spiro atoms. The van der Waals surface area contributed by atoms with Crippen LogP contribution < -0.4 is 10.2 Å². The molecular formula is C22H27ClN4O2. The van der Waals surface area contributed by atoms with Crippen molar-refractivity contribution in [3.63, 3.8) is 0 Å². The Morgan fingerprint density at radius 3 is 2.34 bits per heavy atom. The van der Waals surface area contributed by atoms with E-state index in [2.05, 4.69) is 15.2 Å². The topological polar surface area (TPSA) is 65.5 Å². The number of rotatable bonds is 3. The number of nitrogens with zero attached hydrogens (tertiary/aromatic N) is 3. The van der Waals surface area contributed by atoms with E-state index in [-0.39, 0.29) is 11.8 Å². The first-order chi connectivity index (χ1) is 13.7. The molecule has 0 radical (unpaired) electrons.